The molecule has 4 nitrogen and oxygen atoms in total. The minimum absolute atomic E-state index is 0.0784. The molecule has 1 amide bonds. The highest BCUT2D eigenvalue weighted by atomic mass is 19.4. The van der Waals surface area contributed by atoms with E-state index in [-0.39, 0.29) is 18.9 Å². The number of carbonyl (C=O) groups is 1. The van der Waals surface area contributed by atoms with Gasteiger partial charge in [-0.3, -0.25) is 9.78 Å². The molecule has 1 aliphatic rings. The quantitative estimate of drug-likeness (QED) is 0.821. The van der Waals surface area contributed by atoms with Crippen LogP contribution in [0.25, 0.3) is 0 Å². The Hall–Kier alpha value is -2.57. The average Bonchev–Trinajstić information content (AvgIpc) is 2.66. The van der Waals surface area contributed by atoms with Crippen molar-refractivity contribution in [1.82, 2.24) is 9.88 Å². The van der Waals surface area contributed by atoms with Crippen molar-refractivity contribution in [3.05, 3.63) is 59.9 Å². The topological polar surface area (TPSA) is 42.4 Å². The van der Waals surface area contributed by atoms with E-state index in [1.54, 1.807) is 36.7 Å². The summed E-state index contributed by atoms with van der Waals surface area (Å²) in [7, 11) is 0. The van der Waals surface area contributed by atoms with Crippen molar-refractivity contribution in [2.45, 2.75) is 25.6 Å². The SMILES string of the molecule is O=C(c1ccc(OCc2ccncc2)cc1)N1CCC[C@H](C(F)(F)F)C1. The van der Waals surface area contributed by atoms with E-state index >= 15 is 0 Å². The molecule has 1 saturated heterocycles. The highest BCUT2D eigenvalue weighted by Gasteiger charge is 2.42. The third kappa shape index (κ3) is 4.53. The van der Waals surface area contributed by atoms with Gasteiger partial charge in [-0.15, -0.1) is 0 Å². The number of pyridine rings is 1. The second-order valence-electron chi connectivity index (χ2n) is 6.30. The zero-order valence-electron chi connectivity index (χ0n) is 14.1. The molecule has 1 aliphatic heterocycles. The molecule has 138 valence electrons. The first-order valence-corrected chi connectivity index (χ1v) is 8.41. The van der Waals surface area contributed by atoms with Crippen LogP contribution >= 0.6 is 0 Å². The summed E-state index contributed by atoms with van der Waals surface area (Å²) in [6.45, 7) is 0.448. The number of halogens is 3. The molecule has 0 spiro atoms. The zero-order valence-corrected chi connectivity index (χ0v) is 14.1. The van der Waals surface area contributed by atoms with E-state index in [0.29, 0.717) is 30.9 Å². The number of amides is 1. The summed E-state index contributed by atoms with van der Waals surface area (Å²) >= 11 is 0. The van der Waals surface area contributed by atoms with Gasteiger partial charge in [0, 0.05) is 31.0 Å². The van der Waals surface area contributed by atoms with Gasteiger partial charge in [0.25, 0.3) is 5.91 Å². The Morgan fingerprint density at radius 3 is 2.50 bits per heavy atom. The van der Waals surface area contributed by atoms with Crippen LogP contribution in [0.2, 0.25) is 0 Å². The molecular formula is C19H19F3N2O2. The number of hydrogen-bond donors (Lipinski definition) is 0. The van der Waals surface area contributed by atoms with Gasteiger partial charge in [0.2, 0.25) is 0 Å². The van der Waals surface area contributed by atoms with Gasteiger partial charge in [0.15, 0.2) is 0 Å². The summed E-state index contributed by atoms with van der Waals surface area (Å²) in [6, 6.07) is 10.2. The standard InChI is InChI=1S/C19H19F3N2O2/c20-19(21,22)16-2-1-11-24(12-16)18(25)15-3-5-17(6-4-15)26-13-14-7-9-23-10-8-14/h3-10,16H,1-2,11-13H2/t16-/m0/s1. The Morgan fingerprint density at radius 2 is 1.85 bits per heavy atom. The molecule has 0 unspecified atom stereocenters. The summed E-state index contributed by atoms with van der Waals surface area (Å²) < 4.78 is 44.3. The van der Waals surface area contributed by atoms with Gasteiger partial charge in [-0.25, -0.2) is 0 Å². The third-order valence-electron chi connectivity index (χ3n) is 4.43. The summed E-state index contributed by atoms with van der Waals surface area (Å²) in [6.07, 6.45) is -0.470. The van der Waals surface area contributed by atoms with Crippen LogP contribution in [0.15, 0.2) is 48.8 Å². The number of benzene rings is 1. The molecule has 0 aliphatic carbocycles. The van der Waals surface area contributed by atoms with E-state index in [4.69, 9.17) is 4.74 Å². The maximum absolute atomic E-state index is 12.9. The van der Waals surface area contributed by atoms with Gasteiger partial charge >= 0.3 is 6.18 Å². The molecular weight excluding hydrogens is 345 g/mol. The molecule has 0 radical (unpaired) electrons. The van der Waals surface area contributed by atoms with Gasteiger partial charge in [-0.1, -0.05) is 0 Å². The van der Waals surface area contributed by atoms with E-state index in [0.717, 1.165) is 5.56 Å². The van der Waals surface area contributed by atoms with Crippen molar-refractivity contribution in [2.75, 3.05) is 13.1 Å². The Balaban J connectivity index is 1.60. The lowest BCUT2D eigenvalue weighted by Gasteiger charge is -2.33. The van der Waals surface area contributed by atoms with Crippen LogP contribution in [0.3, 0.4) is 0 Å². The number of alkyl halides is 3. The monoisotopic (exact) mass is 364 g/mol. The lowest BCUT2D eigenvalue weighted by molar-refractivity contribution is -0.184. The predicted octanol–water partition coefficient (Wildman–Crippen LogP) is 4.08. The molecule has 2 heterocycles. The number of carbonyl (C=O) groups excluding carboxylic acids is 1. The minimum Gasteiger partial charge on any atom is -0.489 e. The number of piperidine rings is 1. The van der Waals surface area contributed by atoms with Crippen LogP contribution in [-0.4, -0.2) is 35.1 Å². The maximum atomic E-state index is 12.9. The van der Waals surface area contributed by atoms with Crippen LogP contribution in [-0.2, 0) is 6.61 Å². The van der Waals surface area contributed by atoms with Crippen LogP contribution in [0, 0.1) is 5.92 Å². The van der Waals surface area contributed by atoms with Crippen molar-refractivity contribution >= 4 is 5.91 Å². The number of ether oxygens (including phenoxy) is 1. The van der Waals surface area contributed by atoms with Crippen molar-refractivity contribution in [3.63, 3.8) is 0 Å². The van der Waals surface area contributed by atoms with E-state index in [9.17, 15) is 18.0 Å². The van der Waals surface area contributed by atoms with Crippen LogP contribution in [0.1, 0.15) is 28.8 Å². The Bertz CT molecular complexity index is 733. The molecule has 7 heteroatoms. The first-order valence-electron chi connectivity index (χ1n) is 8.41. The van der Waals surface area contributed by atoms with E-state index in [2.05, 4.69) is 4.98 Å². The molecule has 0 N–H and O–H groups in total. The molecule has 1 fully saturated rings. The first-order chi connectivity index (χ1) is 12.4. The molecule has 3 rings (SSSR count). The van der Waals surface area contributed by atoms with E-state index < -0.39 is 12.1 Å². The van der Waals surface area contributed by atoms with Crippen LogP contribution < -0.4 is 4.74 Å². The fourth-order valence-corrected chi connectivity index (χ4v) is 2.95. The Kier molecular flexibility index (Phi) is 5.44. The largest absolute Gasteiger partial charge is 0.489 e. The first kappa shape index (κ1) is 18.2. The highest BCUT2D eigenvalue weighted by molar-refractivity contribution is 5.94. The Morgan fingerprint density at radius 1 is 1.15 bits per heavy atom. The van der Waals surface area contributed by atoms with Gasteiger partial charge in [-0.05, 0) is 54.8 Å². The number of nitrogens with zero attached hydrogens (tertiary/aromatic N) is 2. The minimum atomic E-state index is -4.26. The smallest absolute Gasteiger partial charge is 0.393 e. The second kappa shape index (κ2) is 7.76. The van der Waals surface area contributed by atoms with Crippen molar-refractivity contribution in [3.8, 4) is 5.75 Å². The molecule has 1 atom stereocenters. The molecule has 0 bridgehead atoms. The molecule has 1 aromatic carbocycles. The van der Waals surface area contributed by atoms with Crippen LogP contribution in [0.4, 0.5) is 13.2 Å². The van der Waals surface area contributed by atoms with Crippen molar-refractivity contribution < 1.29 is 22.7 Å². The number of hydrogen-bond acceptors (Lipinski definition) is 3. The maximum Gasteiger partial charge on any atom is 0.393 e. The molecule has 1 aromatic heterocycles. The fourth-order valence-electron chi connectivity index (χ4n) is 2.95. The molecule has 2 aromatic rings. The van der Waals surface area contributed by atoms with Crippen LogP contribution in [0.5, 0.6) is 5.75 Å². The summed E-state index contributed by atoms with van der Waals surface area (Å²) in [5.41, 5.74) is 1.33. The summed E-state index contributed by atoms with van der Waals surface area (Å²) in [4.78, 5) is 17.7. The highest BCUT2D eigenvalue weighted by Crippen LogP contribution is 2.33. The summed E-state index contributed by atoms with van der Waals surface area (Å²) in [5, 5.41) is 0. The third-order valence-corrected chi connectivity index (χ3v) is 4.43. The normalized spacial score (nSPS) is 17.8. The number of aromatic nitrogens is 1. The van der Waals surface area contributed by atoms with E-state index in [1.807, 2.05) is 12.1 Å². The van der Waals surface area contributed by atoms with Gasteiger partial charge < -0.3 is 9.64 Å². The number of rotatable bonds is 4. The lowest BCUT2D eigenvalue weighted by Crippen LogP contribution is -2.44. The zero-order chi connectivity index (χ0) is 18.6. The Labute approximate surface area is 149 Å². The van der Waals surface area contributed by atoms with Crippen molar-refractivity contribution in [1.29, 1.82) is 0 Å². The summed E-state index contributed by atoms with van der Waals surface area (Å²) in [5.74, 6) is -1.23. The van der Waals surface area contributed by atoms with Crippen molar-refractivity contribution in [2.24, 2.45) is 5.92 Å². The number of likely N-dealkylation sites (tertiary alicyclic amines) is 1. The average molecular weight is 364 g/mol. The van der Waals surface area contributed by atoms with Gasteiger partial charge in [0.05, 0.1) is 5.92 Å². The van der Waals surface area contributed by atoms with E-state index in [1.165, 1.54) is 4.90 Å². The molecule has 0 saturated carbocycles. The van der Waals surface area contributed by atoms with Gasteiger partial charge in [0.1, 0.15) is 12.4 Å². The predicted molar refractivity (Wildman–Crippen MR) is 89.7 cm³/mol. The fraction of sp³-hybridized carbons (Fsp3) is 0.368. The lowest BCUT2D eigenvalue weighted by atomic mass is 9.97. The molecule has 26 heavy (non-hydrogen) atoms. The van der Waals surface area contributed by atoms with Gasteiger partial charge in [-0.2, -0.15) is 13.2 Å². The second-order valence-corrected chi connectivity index (χ2v) is 6.30.